The minimum atomic E-state index is -0.513. The average Bonchev–Trinajstić information content (AvgIpc) is 2.82. The fraction of sp³-hybridized carbons (Fsp3) is 0.533. The molecule has 2 aliphatic rings. The normalized spacial score (nSPS) is 31.4. The van der Waals surface area contributed by atoms with Crippen LogP contribution < -0.4 is 0 Å². The molecule has 98 valence electrons. The van der Waals surface area contributed by atoms with Crippen LogP contribution in [0.25, 0.3) is 0 Å². The highest BCUT2D eigenvalue weighted by Crippen LogP contribution is 2.55. The summed E-state index contributed by atoms with van der Waals surface area (Å²) in [6.45, 7) is 6.00. The van der Waals surface area contributed by atoms with Gasteiger partial charge in [0.15, 0.2) is 5.78 Å². The third kappa shape index (κ3) is 1.33. The molecule has 0 saturated carbocycles. The topological polar surface area (TPSA) is 58.7 Å². The van der Waals surface area contributed by atoms with Gasteiger partial charge >= 0.3 is 0 Å². The first-order valence-electron chi connectivity index (χ1n) is 6.51. The van der Waals surface area contributed by atoms with Crippen LogP contribution in [0.4, 0.5) is 0 Å². The highest BCUT2D eigenvalue weighted by atomic mass is 16.1. The van der Waals surface area contributed by atoms with Crippen molar-refractivity contribution in [2.24, 2.45) is 18.4 Å². The quantitative estimate of drug-likeness (QED) is 0.711. The molecular formula is C15H17N3O. The van der Waals surface area contributed by atoms with Crippen molar-refractivity contribution in [2.75, 3.05) is 0 Å². The first-order valence-corrected chi connectivity index (χ1v) is 6.51. The number of Topliss-reactive ketones (excluding diaryl/α,β-unsaturated/α-hetero) is 1. The predicted molar refractivity (Wildman–Crippen MR) is 70.2 cm³/mol. The van der Waals surface area contributed by atoms with Crippen molar-refractivity contribution in [3.63, 3.8) is 0 Å². The molecule has 2 atom stereocenters. The largest absolute Gasteiger partial charge is 0.293 e. The lowest BCUT2D eigenvalue weighted by Crippen LogP contribution is -2.47. The molecular weight excluding hydrogens is 238 g/mol. The molecule has 0 fully saturated rings. The van der Waals surface area contributed by atoms with Gasteiger partial charge in [-0.15, -0.1) is 0 Å². The molecule has 0 saturated heterocycles. The van der Waals surface area contributed by atoms with E-state index in [-0.39, 0.29) is 22.7 Å². The van der Waals surface area contributed by atoms with Crippen LogP contribution in [0.2, 0.25) is 0 Å². The summed E-state index contributed by atoms with van der Waals surface area (Å²) < 4.78 is 1.81. The molecule has 4 nitrogen and oxygen atoms in total. The molecule has 0 aromatic carbocycles. The number of fused-ring (bicyclic) bond motifs is 3. The number of carbonyl (C=O) groups is 1. The van der Waals surface area contributed by atoms with Crippen LogP contribution in [0, 0.1) is 22.7 Å². The number of nitrogens with zero attached hydrogens (tertiary/aromatic N) is 3. The van der Waals surface area contributed by atoms with Crippen LogP contribution in [-0.4, -0.2) is 15.6 Å². The van der Waals surface area contributed by atoms with Gasteiger partial charge in [0.1, 0.15) is 6.07 Å². The Kier molecular flexibility index (Phi) is 2.15. The maximum absolute atomic E-state index is 12.4. The summed E-state index contributed by atoms with van der Waals surface area (Å²) in [6, 6.07) is 2.06. The third-order valence-corrected chi connectivity index (χ3v) is 4.83. The number of rotatable bonds is 0. The van der Waals surface area contributed by atoms with E-state index in [1.165, 1.54) is 5.56 Å². The van der Waals surface area contributed by atoms with Crippen molar-refractivity contribution in [3.05, 3.63) is 29.1 Å². The van der Waals surface area contributed by atoms with Gasteiger partial charge in [0.2, 0.25) is 0 Å². The van der Waals surface area contributed by atoms with E-state index >= 15 is 0 Å². The SMILES string of the molecule is Cn1cc2c(n1)[C@@]1(C)C=C(C#N)C(=O)C(C)(C)[C@@H]1C2. The number of hydrogen-bond acceptors (Lipinski definition) is 3. The third-order valence-electron chi connectivity index (χ3n) is 4.83. The predicted octanol–water partition coefficient (Wildman–Crippen LogP) is 1.91. The summed E-state index contributed by atoms with van der Waals surface area (Å²) in [5.74, 6) is 0.148. The molecule has 0 N–H and O–H groups in total. The molecule has 19 heavy (non-hydrogen) atoms. The molecule has 1 aromatic heterocycles. The van der Waals surface area contributed by atoms with Crippen LogP contribution >= 0.6 is 0 Å². The van der Waals surface area contributed by atoms with Crippen molar-refractivity contribution >= 4 is 5.78 Å². The van der Waals surface area contributed by atoms with Crippen molar-refractivity contribution in [3.8, 4) is 6.07 Å². The van der Waals surface area contributed by atoms with Gasteiger partial charge in [0.05, 0.1) is 11.3 Å². The van der Waals surface area contributed by atoms with Gasteiger partial charge in [-0.3, -0.25) is 9.48 Å². The Morgan fingerprint density at radius 2 is 2.16 bits per heavy atom. The smallest absolute Gasteiger partial charge is 0.178 e. The molecule has 4 heteroatoms. The Balaban J connectivity index is 2.26. The number of hydrogen-bond donors (Lipinski definition) is 0. The summed E-state index contributed by atoms with van der Waals surface area (Å²) in [7, 11) is 1.91. The van der Waals surface area contributed by atoms with E-state index < -0.39 is 5.41 Å². The second-order valence-corrected chi connectivity index (χ2v) is 6.44. The Hall–Kier alpha value is -1.89. The maximum Gasteiger partial charge on any atom is 0.178 e. The van der Waals surface area contributed by atoms with Crippen LogP contribution in [0.15, 0.2) is 17.8 Å². The van der Waals surface area contributed by atoms with E-state index in [1.54, 1.807) is 0 Å². The van der Waals surface area contributed by atoms with Gasteiger partial charge in [0, 0.05) is 24.1 Å². The first kappa shape index (κ1) is 12.2. The summed E-state index contributed by atoms with van der Waals surface area (Å²) in [4.78, 5) is 12.4. The number of allylic oxidation sites excluding steroid dienone is 2. The van der Waals surface area contributed by atoms with Gasteiger partial charge < -0.3 is 0 Å². The molecule has 0 unspecified atom stereocenters. The zero-order valence-electron chi connectivity index (χ0n) is 11.7. The highest BCUT2D eigenvalue weighted by Gasteiger charge is 2.56. The summed E-state index contributed by atoms with van der Waals surface area (Å²) in [6.07, 6.45) is 4.72. The monoisotopic (exact) mass is 255 g/mol. The molecule has 0 radical (unpaired) electrons. The van der Waals surface area contributed by atoms with E-state index in [4.69, 9.17) is 0 Å². The van der Waals surface area contributed by atoms with Gasteiger partial charge in [0.25, 0.3) is 0 Å². The average molecular weight is 255 g/mol. The molecule has 1 aromatic rings. The lowest BCUT2D eigenvalue weighted by molar-refractivity contribution is -0.127. The van der Waals surface area contributed by atoms with Crippen molar-refractivity contribution in [2.45, 2.75) is 32.6 Å². The number of ketones is 1. The van der Waals surface area contributed by atoms with Crippen LogP contribution in [0.1, 0.15) is 32.0 Å². The van der Waals surface area contributed by atoms with Crippen molar-refractivity contribution < 1.29 is 4.79 Å². The minimum absolute atomic E-state index is 0.0352. The number of aryl methyl sites for hydroxylation is 1. The lowest BCUT2D eigenvalue weighted by Gasteiger charge is -2.43. The zero-order valence-corrected chi connectivity index (χ0v) is 11.7. The molecule has 0 aliphatic heterocycles. The molecule has 0 amide bonds. The van der Waals surface area contributed by atoms with Gasteiger partial charge in [-0.2, -0.15) is 10.4 Å². The second kappa shape index (κ2) is 3.36. The van der Waals surface area contributed by atoms with E-state index in [1.807, 2.05) is 37.8 Å². The van der Waals surface area contributed by atoms with Crippen molar-refractivity contribution in [1.29, 1.82) is 5.26 Å². The zero-order chi connectivity index (χ0) is 14.0. The fourth-order valence-corrected chi connectivity index (χ4v) is 3.87. The number of carbonyl (C=O) groups excluding carboxylic acids is 1. The lowest BCUT2D eigenvalue weighted by atomic mass is 9.58. The Bertz CT molecular complexity index is 659. The Labute approximate surface area is 112 Å². The standard InChI is InChI=1S/C15H17N3O/c1-14(2)11-5-9-8-18(4)17-12(9)15(11,3)6-10(7-16)13(14)19/h6,8,11H,5H2,1-4H3/t11-,15-/m0/s1. The second-order valence-electron chi connectivity index (χ2n) is 6.44. The van der Waals surface area contributed by atoms with Crippen LogP contribution in [0.3, 0.4) is 0 Å². The van der Waals surface area contributed by atoms with Crippen LogP contribution in [-0.2, 0) is 23.7 Å². The summed E-state index contributed by atoms with van der Waals surface area (Å²) in [5, 5.41) is 13.8. The fourth-order valence-electron chi connectivity index (χ4n) is 3.87. The van der Waals surface area contributed by atoms with E-state index in [2.05, 4.69) is 18.1 Å². The van der Waals surface area contributed by atoms with E-state index in [0.717, 1.165) is 12.1 Å². The van der Waals surface area contributed by atoms with Crippen LogP contribution in [0.5, 0.6) is 0 Å². The first-order chi connectivity index (χ1) is 8.80. The maximum atomic E-state index is 12.4. The van der Waals surface area contributed by atoms with Gasteiger partial charge in [-0.1, -0.05) is 26.8 Å². The molecule has 3 rings (SSSR count). The Morgan fingerprint density at radius 3 is 2.79 bits per heavy atom. The molecule has 1 heterocycles. The van der Waals surface area contributed by atoms with Gasteiger partial charge in [-0.05, 0) is 17.9 Å². The summed E-state index contributed by atoms with van der Waals surface area (Å²) >= 11 is 0. The van der Waals surface area contributed by atoms with E-state index in [0.29, 0.717) is 0 Å². The Morgan fingerprint density at radius 1 is 1.47 bits per heavy atom. The summed E-state index contributed by atoms with van der Waals surface area (Å²) in [5.41, 5.74) is 1.68. The number of nitriles is 1. The van der Waals surface area contributed by atoms with Crippen molar-refractivity contribution in [1.82, 2.24) is 9.78 Å². The van der Waals surface area contributed by atoms with E-state index in [9.17, 15) is 10.1 Å². The number of aromatic nitrogens is 2. The van der Waals surface area contributed by atoms with Gasteiger partial charge in [-0.25, -0.2) is 0 Å². The highest BCUT2D eigenvalue weighted by molar-refractivity contribution is 6.04. The molecule has 0 spiro atoms. The molecule has 0 bridgehead atoms. The minimum Gasteiger partial charge on any atom is -0.293 e. The molecule has 2 aliphatic carbocycles.